The number of ether oxygens (including phenoxy) is 2. The SMILES string of the molecule is CC(=O)OC[C@@H]1O[C@H](c2nc3ccncc3s2)[C@H](CC(=O)O)[C@@H](CC(=O)O)[C@@H]1CC(=O)O. The number of pyridine rings is 1. The van der Waals surface area contributed by atoms with E-state index in [1.807, 2.05) is 0 Å². The number of fused-ring (bicyclic) bond motifs is 1. The van der Waals surface area contributed by atoms with Crippen LogP contribution in [0.25, 0.3) is 10.2 Å². The molecule has 172 valence electrons. The third-order valence-corrected chi connectivity index (χ3v) is 6.49. The van der Waals surface area contributed by atoms with Crippen LogP contribution in [-0.4, -0.2) is 61.9 Å². The minimum atomic E-state index is -1.19. The van der Waals surface area contributed by atoms with Crippen LogP contribution >= 0.6 is 11.3 Å². The van der Waals surface area contributed by atoms with Crippen molar-refractivity contribution in [2.45, 2.75) is 38.4 Å². The van der Waals surface area contributed by atoms with Gasteiger partial charge in [-0.15, -0.1) is 11.3 Å². The lowest BCUT2D eigenvalue weighted by atomic mass is 9.69. The van der Waals surface area contributed by atoms with Crippen molar-refractivity contribution in [2.24, 2.45) is 17.8 Å². The zero-order valence-electron chi connectivity index (χ0n) is 17.0. The van der Waals surface area contributed by atoms with E-state index in [0.717, 1.165) is 4.70 Å². The first-order valence-corrected chi connectivity index (χ1v) is 10.6. The number of hydrogen-bond acceptors (Lipinski definition) is 9. The van der Waals surface area contributed by atoms with E-state index in [0.29, 0.717) is 10.5 Å². The van der Waals surface area contributed by atoms with Gasteiger partial charge in [-0.05, 0) is 12.0 Å². The number of aromatic nitrogens is 2. The summed E-state index contributed by atoms with van der Waals surface area (Å²) >= 11 is 1.23. The molecule has 1 fully saturated rings. The molecule has 2 aromatic rings. The Morgan fingerprint density at radius 1 is 1.03 bits per heavy atom. The number of esters is 1. The summed E-state index contributed by atoms with van der Waals surface area (Å²) in [5, 5.41) is 28.9. The van der Waals surface area contributed by atoms with Gasteiger partial charge in [0, 0.05) is 37.6 Å². The number of carbonyl (C=O) groups is 4. The zero-order valence-corrected chi connectivity index (χ0v) is 17.9. The van der Waals surface area contributed by atoms with Crippen molar-refractivity contribution in [3.05, 3.63) is 23.5 Å². The van der Waals surface area contributed by atoms with E-state index in [-0.39, 0.29) is 6.61 Å². The molecule has 0 aromatic carbocycles. The van der Waals surface area contributed by atoms with Crippen LogP contribution in [-0.2, 0) is 28.7 Å². The van der Waals surface area contributed by atoms with Crippen LogP contribution in [0, 0.1) is 17.8 Å². The number of carbonyl (C=O) groups excluding carboxylic acids is 1. The van der Waals surface area contributed by atoms with Crippen LogP contribution in [0.15, 0.2) is 18.5 Å². The summed E-state index contributed by atoms with van der Waals surface area (Å²) in [5.41, 5.74) is 0.622. The van der Waals surface area contributed by atoms with Gasteiger partial charge >= 0.3 is 23.9 Å². The molecule has 0 spiro atoms. The van der Waals surface area contributed by atoms with Gasteiger partial charge in [-0.2, -0.15) is 0 Å². The normalized spacial score (nSPS) is 25.3. The minimum absolute atomic E-state index is 0.286. The Morgan fingerprint density at radius 2 is 1.66 bits per heavy atom. The van der Waals surface area contributed by atoms with Crippen molar-refractivity contribution < 1.29 is 44.0 Å². The minimum Gasteiger partial charge on any atom is -0.481 e. The Labute approximate surface area is 186 Å². The molecule has 0 bridgehead atoms. The molecule has 3 heterocycles. The van der Waals surface area contributed by atoms with Crippen molar-refractivity contribution in [2.75, 3.05) is 6.61 Å². The molecule has 5 atom stereocenters. The van der Waals surface area contributed by atoms with E-state index >= 15 is 0 Å². The van der Waals surface area contributed by atoms with Crippen LogP contribution in [0.1, 0.15) is 37.3 Å². The highest BCUT2D eigenvalue weighted by atomic mass is 32.1. The molecule has 0 radical (unpaired) electrons. The summed E-state index contributed by atoms with van der Waals surface area (Å²) in [6, 6.07) is 1.68. The summed E-state index contributed by atoms with van der Waals surface area (Å²) in [4.78, 5) is 54.8. The summed E-state index contributed by atoms with van der Waals surface area (Å²) in [6.07, 6.45) is -0.0632. The molecule has 2 aromatic heterocycles. The molecule has 0 amide bonds. The monoisotopic (exact) mass is 466 g/mol. The van der Waals surface area contributed by atoms with E-state index in [1.165, 1.54) is 18.3 Å². The molecule has 3 rings (SSSR count). The van der Waals surface area contributed by atoms with Gasteiger partial charge in [0.15, 0.2) is 0 Å². The van der Waals surface area contributed by atoms with E-state index in [2.05, 4.69) is 9.97 Å². The lowest BCUT2D eigenvalue weighted by molar-refractivity contribution is -0.189. The quantitative estimate of drug-likeness (QED) is 0.461. The second kappa shape index (κ2) is 10.0. The third-order valence-electron chi connectivity index (χ3n) is 5.42. The van der Waals surface area contributed by atoms with Gasteiger partial charge in [-0.3, -0.25) is 24.2 Å². The molecule has 3 N–H and O–H groups in total. The van der Waals surface area contributed by atoms with Gasteiger partial charge in [0.1, 0.15) is 17.7 Å². The number of thiazole rings is 1. The van der Waals surface area contributed by atoms with E-state index in [1.54, 1.807) is 18.5 Å². The zero-order chi connectivity index (χ0) is 23.4. The maximum Gasteiger partial charge on any atom is 0.303 e. The molecule has 1 aliphatic heterocycles. The van der Waals surface area contributed by atoms with Crippen molar-refractivity contribution in [1.29, 1.82) is 0 Å². The molecular formula is C20H22N2O9S. The van der Waals surface area contributed by atoms with Gasteiger partial charge in [-0.1, -0.05) is 0 Å². The predicted octanol–water partition coefficient (Wildman–Crippen LogP) is 1.97. The Kier molecular flexibility index (Phi) is 7.36. The fourth-order valence-corrected chi connectivity index (χ4v) is 5.23. The van der Waals surface area contributed by atoms with E-state index in [4.69, 9.17) is 9.47 Å². The number of carboxylic acids is 3. The summed E-state index contributed by atoms with van der Waals surface area (Å²) in [6.45, 7) is 0.904. The molecular weight excluding hydrogens is 444 g/mol. The summed E-state index contributed by atoms with van der Waals surface area (Å²) in [5.74, 6) is -6.75. The fraction of sp³-hybridized carbons (Fsp3) is 0.500. The van der Waals surface area contributed by atoms with Gasteiger partial charge < -0.3 is 24.8 Å². The van der Waals surface area contributed by atoms with Crippen molar-refractivity contribution in [1.82, 2.24) is 9.97 Å². The maximum absolute atomic E-state index is 11.7. The van der Waals surface area contributed by atoms with Gasteiger partial charge in [0.05, 0.1) is 29.2 Å². The number of rotatable bonds is 9. The van der Waals surface area contributed by atoms with Gasteiger partial charge in [-0.25, -0.2) is 4.98 Å². The fourth-order valence-electron chi connectivity index (χ4n) is 4.18. The highest BCUT2D eigenvalue weighted by molar-refractivity contribution is 7.18. The Hall–Kier alpha value is -3.12. The van der Waals surface area contributed by atoms with Crippen molar-refractivity contribution in [3.8, 4) is 0 Å². The molecule has 0 aliphatic carbocycles. The predicted molar refractivity (Wildman–Crippen MR) is 109 cm³/mol. The molecule has 0 saturated carbocycles. The second-order valence-corrected chi connectivity index (χ2v) is 8.64. The molecule has 12 heteroatoms. The van der Waals surface area contributed by atoms with Crippen LogP contribution in [0.5, 0.6) is 0 Å². The largest absolute Gasteiger partial charge is 0.481 e. The summed E-state index contributed by atoms with van der Waals surface area (Å²) in [7, 11) is 0. The smallest absolute Gasteiger partial charge is 0.303 e. The molecule has 11 nitrogen and oxygen atoms in total. The van der Waals surface area contributed by atoms with Crippen LogP contribution in [0.4, 0.5) is 0 Å². The van der Waals surface area contributed by atoms with E-state index in [9.17, 15) is 34.5 Å². The average molecular weight is 466 g/mol. The molecule has 1 saturated heterocycles. The maximum atomic E-state index is 11.7. The van der Waals surface area contributed by atoms with Crippen molar-refractivity contribution in [3.63, 3.8) is 0 Å². The van der Waals surface area contributed by atoms with Crippen LogP contribution in [0.2, 0.25) is 0 Å². The number of aliphatic carboxylic acids is 3. The molecule has 1 aliphatic rings. The van der Waals surface area contributed by atoms with Crippen LogP contribution < -0.4 is 0 Å². The Balaban J connectivity index is 2.07. The van der Waals surface area contributed by atoms with Gasteiger partial charge in [0.2, 0.25) is 0 Å². The lowest BCUT2D eigenvalue weighted by Crippen LogP contribution is -2.48. The summed E-state index contributed by atoms with van der Waals surface area (Å²) < 4.78 is 11.9. The average Bonchev–Trinajstić information content (AvgIpc) is 3.12. The topological polar surface area (TPSA) is 173 Å². The first-order valence-electron chi connectivity index (χ1n) is 9.80. The Morgan fingerprint density at radius 3 is 2.25 bits per heavy atom. The standard InChI is InChI=1S/C20H22N2O9S/c1-9(23)30-8-14-11(5-17(26)27)10(4-16(24)25)12(6-18(28)29)19(31-14)20-22-13-2-3-21-7-15(13)32-20/h2-3,7,10-12,14,19H,4-6,8H2,1H3,(H,24,25)(H,26,27)(H,28,29)/t10-,11-,12+,14-,19-/m0/s1. The second-order valence-electron chi connectivity index (χ2n) is 7.58. The first-order chi connectivity index (χ1) is 15.2. The number of nitrogens with zero attached hydrogens (tertiary/aromatic N) is 2. The Bertz CT molecular complexity index is 990. The highest BCUT2D eigenvalue weighted by Crippen LogP contribution is 2.48. The van der Waals surface area contributed by atoms with E-state index < -0.39 is 73.1 Å². The number of hydrogen-bond donors (Lipinski definition) is 3. The third kappa shape index (κ3) is 5.56. The lowest BCUT2D eigenvalue weighted by Gasteiger charge is -2.45. The number of carboxylic acid groups (broad SMARTS) is 3. The first kappa shape index (κ1) is 23.5. The van der Waals surface area contributed by atoms with Gasteiger partial charge in [0.25, 0.3) is 0 Å². The molecule has 32 heavy (non-hydrogen) atoms. The highest BCUT2D eigenvalue weighted by Gasteiger charge is 2.49. The van der Waals surface area contributed by atoms with Crippen molar-refractivity contribution >= 4 is 45.4 Å². The van der Waals surface area contributed by atoms with Crippen LogP contribution in [0.3, 0.4) is 0 Å². The molecule has 0 unspecified atom stereocenters.